The molecule has 0 saturated heterocycles. The molecule has 19 heavy (non-hydrogen) atoms. The van der Waals surface area contributed by atoms with Crippen molar-refractivity contribution in [3.8, 4) is 0 Å². The third-order valence-electron chi connectivity index (χ3n) is 3.92. The topological polar surface area (TPSA) is 49.3 Å². The van der Waals surface area contributed by atoms with E-state index in [0.717, 1.165) is 12.0 Å². The van der Waals surface area contributed by atoms with Gasteiger partial charge in [0, 0.05) is 18.6 Å². The van der Waals surface area contributed by atoms with Crippen LogP contribution in [0.15, 0.2) is 24.3 Å². The molecule has 3 nitrogen and oxygen atoms in total. The number of carbonyl (C=O) groups excluding carboxylic acids is 1. The molecule has 0 heterocycles. The van der Waals surface area contributed by atoms with E-state index >= 15 is 0 Å². The Morgan fingerprint density at radius 3 is 2.89 bits per heavy atom. The molecule has 0 aliphatic heterocycles. The van der Waals surface area contributed by atoms with E-state index in [4.69, 9.17) is 5.11 Å². The van der Waals surface area contributed by atoms with Crippen molar-refractivity contribution in [2.75, 3.05) is 6.61 Å². The molecule has 4 heteroatoms. The molecule has 0 spiro atoms. The highest BCUT2D eigenvalue weighted by Gasteiger charge is 2.44. The Hall–Kier alpha value is -1.42. The van der Waals surface area contributed by atoms with Gasteiger partial charge in [-0.3, -0.25) is 4.79 Å². The van der Waals surface area contributed by atoms with Crippen molar-refractivity contribution in [2.24, 2.45) is 11.8 Å². The summed E-state index contributed by atoms with van der Waals surface area (Å²) < 4.78 is 13.1. The Balaban J connectivity index is 1.90. The van der Waals surface area contributed by atoms with Crippen LogP contribution in [0.5, 0.6) is 0 Å². The van der Waals surface area contributed by atoms with Gasteiger partial charge in [-0.1, -0.05) is 19.1 Å². The van der Waals surface area contributed by atoms with Crippen LogP contribution in [0.4, 0.5) is 4.39 Å². The maximum Gasteiger partial charge on any atom is 0.223 e. The van der Waals surface area contributed by atoms with Gasteiger partial charge < -0.3 is 10.4 Å². The van der Waals surface area contributed by atoms with Gasteiger partial charge in [0.1, 0.15) is 5.82 Å². The molecule has 1 amide bonds. The number of benzene rings is 1. The fourth-order valence-corrected chi connectivity index (χ4v) is 2.22. The average molecular weight is 265 g/mol. The van der Waals surface area contributed by atoms with Crippen molar-refractivity contribution in [3.63, 3.8) is 0 Å². The second kappa shape index (κ2) is 5.70. The third kappa shape index (κ3) is 3.32. The van der Waals surface area contributed by atoms with Crippen LogP contribution in [-0.2, 0) is 4.79 Å². The van der Waals surface area contributed by atoms with E-state index in [0.29, 0.717) is 0 Å². The second-order valence-corrected chi connectivity index (χ2v) is 5.46. The third-order valence-corrected chi connectivity index (χ3v) is 3.92. The standard InChI is InChI=1S/C15H20FNO2/c1-9(8-18)10(2)17-15(19)14-7-13(14)11-4-3-5-12(16)6-11/h3-6,9-10,13-14,18H,7-8H2,1-2H3,(H,17,19). The molecule has 1 aliphatic carbocycles. The van der Waals surface area contributed by atoms with Crippen LogP contribution in [0.25, 0.3) is 0 Å². The van der Waals surface area contributed by atoms with Gasteiger partial charge in [0.05, 0.1) is 0 Å². The molecule has 2 rings (SSSR count). The minimum Gasteiger partial charge on any atom is -0.396 e. The van der Waals surface area contributed by atoms with E-state index in [9.17, 15) is 9.18 Å². The van der Waals surface area contributed by atoms with E-state index in [-0.39, 0.29) is 42.1 Å². The Kier molecular flexibility index (Phi) is 4.20. The first kappa shape index (κ1) is 14.0. The van der Waals surface area contributed by atoms with Crippen LogP contribution >= 0.6 is 0 Å². The highest BCUT2D eigenvalue weighted by molar-refractivity contribution is 5.83. The molecule has 4 atom stereocenters. The molecule has 1 aromatic carbocycles. The van der Waals surface area contributed by atoms with Crippen molar-refractivity contribution >= 4 is 5.91 Å². The molecule has 0 aromatic heterocycles. The monoisotopic (exact) mass is 265 g/mol. The molecule has 1 aromatic rings. The molecule has 0 radical (unpaired) electrons. The van der Waals surface area contributed by atoms with E-state index in [2.05, 4.69) is 5.32 Å². The van der Waals surface area contributed by atoms with Crippen molar-refractivity contribution in [1.82, 2.24) is 5.32 Å². The lowest BCUT2D eigenvalue weighted by Gasteiger charge is -2.19. The van der Waals surface area contributed by atoms with Crippen LogP contribution < -0.4 is 5.32 Å². The number of rotatable bonds is 5. The number of aliphatic hydroxyl groups is 1. The molecule has 1 saturated carbocycles. The summed E-state index contributed by atoms with van der Waals surface area (Å²) in [6, 6.07) is 6.39. The van der Waals surface area contributed by atoms with Crippen molar-refractivity contribution in [3.05, 3.63) is 35.6 Å². The van der Waals surface area contributed by atoms with Crippen molar-refractivity contribution in [1.29, 1.82) is 0 Å². The number of nitrogens with one attached hydrogen (secondary N) is 1. The number of carbonyl (C=O) groups is 1. The van der Waals surface area contributed by atoms with E-state index < -0.39 is 0 Å². The van der Waals surface area contributed by atoms with Gasteiger partial charge in [-0.05, 0) is 42.9 Å². The van der Waals surface area contributed by atoms with Crippen LogP contribution in [0, 0.1) is 17.7 Å². The van der Waals surface area contributed by atoms with Crippen LogP contribution in [0.1, 0.15) is 31.7 Å². The fraction of sp³-hybridized carbons (Fsp3) is 0.533. The summed E-state index contributed by atoms with van der Waals surface area (Å²) in [5.74, 6) is -0.148. The molecular weight excluding hydrogens is 245 g/mol. The van der Waals surface area contributed by atoms with Crippen LogP contribution in [-0.4, -0.2) is 23.7 Å². The lowest BCUT2D eigenvalue weighted by atomic mass is 10.0. The molecule has 1 aliphatic rings. The highest BCUT2D eigenvalue weighted by atomic mass is 19.1. The average Bonchev–Trinajstić information content (AvgIpc) is 3.18. The summed E-state index contributed by atoms with van der Waals surface area (Å²) in [6.07, 6.45) is 0.773. The Labute approximate surface area is 112 Å². The molecular formula is C15H20FNO2. The summed E-state index contributed by atoms with van der Waals surface area (Å²) in [7, 11) is 0. The maximum absolute atomic E-state index is 13.1. The maximum atomic E-state index is 13.1. The lowest BCUT2D eigenvalue weighted by Crippen LogP contribution is -2.39. The number of hydrogen-bond acceptors (Lipinski definition) is 2. The van der Waals surface area contributed by atoms with Gasteiger partial charge in [-0.2, -0.15) is 0 Å². The van der Waals surface area contributed by atoms with Gasteiger partial charge in [0.2, 0.25) is 5.91 Å². The normalized spacial score (nSPS) is 24.6. The quantitative estimate of drug-likeness (QED) is 0.856. The van der Waals surface area contributed by atoms with Gasteiger partial charge in [0.15, 0.2) is 0 Å². The van der Waals surface area contributed by atoms with Gasteiger partial charge in [0.25, 0.3) is 0 Å². The number of halogens is 1. The van der Waals surface area contributed by atoms with Gasteiger partial charge in [-0.25, -0.2) is 4.39 Å². The van der Waals surface area contributed by atoms with E-state index in [1.165, 1.54) is 12.1 Å². The highest BCUT2D eigenvalue weighted by Crippen LogP contribution is 2.47. The second-order valence-electron chi connectivity index (χ2n) is 5.46. The molecule has 0 bridgehead atoms. The van der Waals surface area contributed by atoms with Crippen molar-refractivity contribution < 1.29 is 14.3 Å². The Bertz CT molecular complexity index is 463. The summed E-state index contributed by atoms with van der Waals surface area (Å²) >= 11 is 0. The zero-order chi connectivity index (χ0) is 14.0. The number of hydrogen-bond donors (Lipinski definition) is 2. The zero-order valence-corrected chi connectivity index (χ0v) is 11.3. The van der Waals surface area contributed by atoms with E-state index in [1.807, 2.05) is 19.9 Å². The zero-order valence-electron chi connectivity index (χ0n) is 11.3. The predicted octanol–water partition coefficient (Wildman–Crippen LogP) is 2.06. The molecule has 2 N–H and O–H groups in total. The van der Waals surface area contributed by atoms with Crippen molar-refractivity contribution in [2.45, 2.75) is 32.2 Å². The van der Waals surface area contributed by atoms with Crippen LogP contribution in [0.2, 0.25) is 0 Å². The first-order chi connectivity index (χ1) is 9.02. The smallest absolute Gasteiger partial charge is 0.223 e. The summed E-state index contributed by atoms with van der Waals surface area (Å²) in [5, 5.41) is 12.0. The van der Waals surface area contributed by atoms with Gasteiger partial charge in [-0.15, -0.1) is 0 Å². The van der Waals surface area contributed by atoms with Gasteiger partial charge >= 0.3 is 0 Å². The minimum atomic E-state index is -0.258. The fourth-order valence-electron chi connectivity index (χ4n) is 2.22. The SMILES string of the molecule is CC(CO)C(C)NC(=O)C1CC1c1cccc(F)c1. The minimum absolute atomic E-state index is 0.00191. The largest absolute Gasteiger partial charge is 0.396 e. The number of aliphatic hydroxyl groups excluding tert-OH is 1. The predicted molar refractivity (Wildman–Crippen MR) is 71.1 cm³/mol. The Morgan fingerprint density at radius 2 is 2.26 bits per heavy atom. The first-order valence-electron chi connectivity index (χ1n) is 6.69. The summed E-state index contributed by atoms with van der Waals surface area (Å²) in [5.41, 5.74) is 0.892. The molecule has 1 fully saturated rings. The summed E-state index contributed by atoms with van der Waals surface area (Å²) in [4.78, 5) is 12.0. The Morgan fingerprint density at radius 1 is 1.53 bits per heavy atom. The molecule has 104 valence electrons. The van der Waals surface area contributed by atoms with E-state index in [1.54, 1.807) is 6.07 Å². The molecule has 4 unspecified atom stereocenters. The number of amides is 1. The van der Waals surface area contributed by atoms with Crippen LogP contribution in [0.3, 0.4) is 0 Å². The first-order valence-corrected chi connectivity index (χ1v) is 6.69. The lowest BCUT2D eigenvalue weighted by molar-refractivity contribution is -0.123. The summed E-state index contributed by atoms with van der Waals surface area (Å²) in [6.45, 7) is 3.83.